The number of nitrogens with two attached hydrogens (primary N) is 1. The summed E-state index contributed by atoms with van der Waals surface area (Å²) in [4.78, 5) is 0. The highest BCUT2D eigenvalue weighted by Gasteiger charge is 2.12. The number of rotatable bonds is 3. The summed E-state index contributed by atoms with van der Waals surface area (Å²) in [6.07, 6.45) is 0. The average Bonchev–Trinajstić information content (AvgIpc) is 2.74. The van der Waals surface area contributed by atoms with Gasteiger partial charge in [0, 0.05) is 5.02 Å². The van der Waals surface area contributed by atoms with Crippen LogP contribution in [0.5, 0.6) is 0 Å². The Bertz CT molecular complexity index is 568. The van der Waals surface area contributed by atoms with Crippen molar-refractivity contribution in [2.75, 3.05) is 5.32 Å². The lowest BCUT2D eigenvalue weighted by Gasteiger charge is -2.06. The van der Waals surface area contributed by atoms with Gasteiger partial charge in [-0.1, -0.05) is 28.3 Å². The Morgan fingerprint density at radius 3 is 2.61 bits per heavy atom. The van der Waals surface area contributed by atoms with E-state index in [0.29, 0.717) is 21.6 Å². The number of benzene rings is 1. The van der Waals surface area contributed by atoms with Gasteiger partial charge in [0.25, 0.3) is 0 Å². The zero-order chi connectivity index (χ0) is 13.3. The number of nitrogens with one attached hydrogen (secondary N) is 1. The lowest BCUT2D eigenvalue weighted by Crippen LogP contribution is -2.04. The van der Waals surface area contributed by atoms with Crippen molar-refractivity contribution in [3.05, 3.63) is 33.6 Å². The van der Waals surface area contributed by atoms with Gasteiger partial charge in [0.15, 0.2) is 0 Å². The van der Waals surface area contributed by atoms with E-state index in [4.69, 9.17) is 33.4 Å². The molecular weight excluding hydrogens is 275 g/mol. The summed E-state index contributed by atoms with van der Waals surface area (Å²) in [6.45, 7) is 3.63. The zero-order valence-electron chi connectivity index (χ0n) is 9.87. The van der Waals surface area contributed by atoms with E-state index in [1.54, 1.807) is 19.1 Å². The fraction of sp³-hybridized carbons (Fsp3) is 0.273. The van der Waals surface area contributed by atoms with E-state index in [-0.39, 0.29) is 12.1 Å². The summed E-state index contributed by atoms with van der Waals surface area (Å²) >= 11 is 12.1. The van der Waals surface area contributed by atoms with Crippen molar-refractivity contribution in [2.45, 2.75) is 19.9 Å². The molecule has 0 fully saturated rings. The topological polar surface area (TPSA) is 77.0 Å². The van der Waals surface area contributed by atoms with Gasteiger partial charge >= 0.3 is 6.01 Å². The third-order valence-corrected chi connectivity index (χ3v) is 3.04. The summed E-state index contributed by atoms with van der Waals surface area (Å²) in [6, 6.07) is 3.37. The maximum Gasteiger partial charge on any atom is 0.320 e. The Hall–Kier alpha value is -1.30. The van der Waals surface area contributed by atoms with E-state index in [1.165, 1.54) is 0 Å². The molecule has 0 amide bonds. The standard InChI is InChI=1S/C11H12Cl2N4O/c1-5-3-8(13)9(4-7(5)12)15-11-17-16-10(18-11)6(2)14/h3-4,6H,14H2,1-2H3,(H,15,17). The lowest BCUT2D eigenvalue weighted by atomic mass is 10.2. The molecule has 0 radical (unpaired) electrons. The highest BCUT2D eigenvalue weighted by molar-refractivity contribution is 6.35. The molecular formula is C11H12Cl2N4O. The molecule has 2 aromatic rings. The first kappa shape index (κ1) is 13.1. The fourth-order valence-corrected chi connectivity index (χ4v) is 1.76. The molecule has 7 heteroatoms. The van der Waals surface area contributed by atoms with E-state index in [0.717, 1.165) is 5.56 Å². The Morgan fingerprint density at radius 1 is 1.28 bits per heavy atom. The number of hydrogen-bond donors (Lipinski definition) is 2. The van der Waals surface area contributed by atoms with Gasteiger partial charge in [-0.3, -0.25) is 0 Å². The zero-order valence-corrected chi connectivity index (χ0v) is 11.4. The van der Waals surface area contributed by atoms with E-state index < -0.39 is 0 Å². The van der Waals surface area contributed by atoms with Crippen molar-refractivity contribution < 1.29 is 4.42 Å². The van der Waals surface area contributed by atoms with Crippen LogP contribution in [0.1, 0.15) is 24.4 Å². The Morgan fingerprint density at radius 2 is 2.00 bits per heavy atom. The number of halogens is 2. The van der Waals surface area contributed by atoms with Gasteiger partial charge in [-0.15, -0.1) is 5.10 Å². The number of aryl methyl sites for hydroxylation is 1. The van der Waals surface area contributed by atoms with Crippen LogP contribution in [0.3, 0.4) is 0 Å². The first-order chi connectivity index (χ1) is 8.47. The summed E-state index contributed by atoms with van der Waals surface area (Å²) < 4.78 is 5.31. The van der Waals surface area contributed by atoms with E-state index >= 15 is 0 Å². The number of hydrogen-bond acceptors (Lipinski definition) is 5. The third kappa shape index (κ3) is 2.75. The normalized spacial score (nSPS) is 12.5. The molecule has 1 atom stereocenters. The van der Waals surface area contributed by atoms with Crippen LogP contribution in [0.2, 0.25) is 10.0 Å². The monoisotopic (exact) mass is 286 g/mol. The Balaban J connectivity index is 2.25. The van der Waals surface area contributed by atoms with Crippen LogP contribution in [0.15, 0.2) is 16.5 Å². The first-order valence-electron chi connectivity index (χ1n) is 5.29. The second-order valence-electron chi connectivity index (χ2n) is 3.94. The van der Waals surface area contributed by atoms with Crippen molar-refractivity contribution in [1.82, 2.24) is 10.2 Å². The van der Waals surface area contributed by atoms with Crippen LogP contribution in [0.25, 0.3) is 0 Å². The molecule has 18 heavy (non-hydrogen) atoms. The minimum absolute atomic E-state index is 0.226. The summed E-state index contributed by atoms with van der Waals surface area (Å²) in [5, 5.41) is 11.7. The molecule has 1 unspecified atom stereocenters. The number of anilines is 2. The van der Waals surface area contributed by atoms with Gasteiger partial charge in [0.2, 0.25) is 5.89 Å². The van der Waals surface area contributed by atoms with Crippen molar-refractivity contribution in [1.29, 1.82) is 0 Å². The van der Waals surface area contributed by atoms with Gasteiger partial charge in [0.1, 0.15) is 0 Å². The first-order valence-corrected chi connectivity index (χ1v) is 6.04. The molecule has 1 heterocycles. The van der Waals surface area contributed by atoms with Crippen LogP contribution in [-0.4, -0.2) is 10.2 Å². The maximum atomic E-state index is 6.09. The molecule has 5 nitrogen and oxygen atoms in total. The van der Waals surface area contributed by atoms with Crippen LogP contribution in [0.4, 0.5) is 11.7 Å². The van der Waals surface area contributed by atoms with Gasteiger partial charge in [0.05, 0.1) is 16.8 Å². The van der Waals surface area contributed by atoms with Crippen molar-refractivity contribution in [3.63, 3.8) is 0 Å². The average molecular weight is 287 g/mol. The molecule has 0 aliphatic heterocycles. The maximum absolute atomic E-state index is 6.09. The van der Waals surface area contributed by atoms with Crippen LogP contribution < -0.4 is 11.1 Å². The molecule has 0 aliphatic carbocycles. The SMILES string of the molecule is Cc1cc(Cl)c(Nc2nnc(C(C)N)o2)cc1Cl. The van der Waals surface area contributed by atoms with E-state index in [2.05, 4.69) is 15.5 Å². The largest absolute Gasteiger partial charge is 0.406 e. The highest BCUT2D eigenvalue weighted by atomic mass is 35.5. The van der Waals surface area contributed by atoms with E-state index in [1.807, 2.05) is 6.92 Å². The quantitative estimate of drug-likeness (QED) is 0.904. The van der Waals surface area contributed by atoms with Crippen LogP contribution in [-0.2, 0) is 0 Å². The predicted molar refractivity (Wildman–Crippen MR) is 71.4 cm³/mol. The van der Waals surface area contributed by atoms with Gasteiger partial charge in [-0.25, -0.2) is 0 Å². The molecule has 1 aromatic carbocycles. The molecule has 0 aliphatic rings. The molecule has 0 spiro atoms. The number of nitrogens with zero attached hydrogens (tertiary/aromatic N) is 2. The summed E-state index contributed by atoms with van der Waals surface area (Å²) in [5.41, 5.74) is 7.12. The van der Waals surface area contributed by atoms with Crippen LogP contribution in [0, 0.1) is 6.92 Å². The fourth-order valence-electron chi connectivity index (χ4n) is 1.33. The van der Waals surface area contributed by atoms with Crippen molar-refractivity contribution in [3.8, 4) is 0 Å². The summed E-state index contributed by atoms with van der Waals surface area (Å²) in [7, 11) is 0. The molecule has 0 saturated carbocycles. The molecule has 3 N–H and O–H groups in total. The molecule has 2 rings (SSSR count). The van der Waals surface area contributed by atoms with E-state index in [9.17, 15) is 0 Å². The Kier molecular flexibility index (Phi) is 3.75. The van der Waals surface area contributed by atoms with Gasteiger partial charge < -0.3 is 15.5 Å². The minimum Gasteiger partial charge on any atom is -0.406 e. The minimum atomic E-state index is -0.315. The second-order valence-corrected chi connectivity index (χ2v) is 4.75. The van der Waals surface area contributed by atoms with Gasteiger partial charge in [-0.2, -0.15) is 0 Å². The lowest BCUT2D eigenvalue weighted by molar-refractivity contribution is 0.475. The third-order valence-electron chi connectivity index (χ3n) is 2.32. The second kappa shape index (κ2) is 5.14. The highest BCUT2D eigenvalue weighted by Crippen LogP contribution is 2.30. The molecule has 96 valence electrons. The number of aromatic nitrogens is 2. The van der Waals surface area contributed by atoms with Gasteiger partial charge in [-0.05, 0) is 31.5 Å². The van der Waals surface area contributed by atoms with Crippen molar-refractivity contribution in [2.24, 2.45) is 5.73 Å². The molecule has 1 aromatic heterocycles. The van der Waals surface area contributed by atoms with Crippen molar-refractivity contribution >= 4 is 34.9 Å². The predicted octanol–water partition coefficient (Wildman–Crippen LogP) is 3.45. The Labute approximate surface area is 114 Å². The molecule has 0 saturated heterocycles. The summed E-state index contributed by atoms with van der Waals surface area (Å²) in [5.74, 6) is 0.354. The smallest absolute Gasteiger partial charge is 0.320 e. The van der Waals surface area contributed by atoms with Crippen LogP contribution >= 0.6 is 23.2 Å². The molecule has 0 bridgehead atoms.